The van der Waals surface area contributed by atoms with E-state index in [4.69, 9.17) is 0 Å². The quantitative estimate of drug-likeness (QED) is 0.326. The minimum absolute atomic E-state index is 0. The summed E-state index contributed by atoms with van der Waals surface area (Å²) in [6, 6.07) is 0. The number of halogens is 1. The molecule has 0 heterocycles. The molecule has 48 valence electrons. The van der Waals surface area contributed by atoms with Crippen molar-refractivity contribution in [3.8, 4) is 0 Å². The Bertz CT molecular complexity index is 82.0. The third-order valence-electron chi connectivity index (χ3n) is 0.543. The van der Waals surface area contributed by atoms with Gasteiger partial charge in [0.2, 0.25) is 0 Å². The highest BCUT2D eigenvalue weighted by atomic mass is 79.9. The lowest BCUT2D eigenvalue weighted by Gasteiger charge is -2.08. The molecule has 0 aliphatic carbocycles. The maximum absolute atomic E-state index is 9.80. The average molecular weight is 182 g/mol. The maximum Gasteiger partial charge on any atom is 0.308 e. The third kappa shape index (κ3) is 3.95. The summed E-state index contributed by atoms with van der Waals surface area (Å²) < 4.78 is -0.222. The molecule has 0 radical (unpaired) electrons. The first kappa shape index (κ1) is 10.7. The monoisotopic (exact) mass is 181 g/mol. The Morgan fingerprint density at radius 3 is 1.38 bits per heavy atom. The highest BCUT2D eigenvalue weighted by molar-refractivity contribution is 5.54. The van der Waals surface area contributed by atoms with E-state index in [1.807, 2.05) is 0 Å². The van der Waals surface area contributed by atoms with Crippen molar-refractivity contribution in [1.82, 2.24) is 0 Å². The molecule has 0 aliphatic rings. The van der Waals surface area contributed by atoms with Crippen molar-refractivity contribution in [3.63, 3.8) is 0 Å². The van der Waals surface area contributed by atoms with Gasteiger partial charge in [0.05, 0.1) is 14.1 Å². The van der Waals surface area contributed by atoms with E-state index in [-0.39, 0.29) is 21.5 Å². The fourth-order valence-corrected chi connectivity index (χ4v) is 0.0248. The molecule has 0 fully saturated rings. The first-order chi connectivity index (χ1) is 3.12. The molecule has 8 heavy (non-hydrogen) atoms. The summed E-state index contributed by atoms with van der Waals surface area (Å²) >= 11 is 0. The van der Waals surface area contributed by atoms with Crippen molar-refractivity contribution in [2.24, 2.45) is 0 Å². The lowest BCUT2D eigenvalue weighted by molar-refractivity contribution is -0.714. The molecule has 0 rings (SSSR count). The molecule has 0 unspecified atom stereocenters. The maximum atomic E-state index is 9.80. The Morgan fingerprint density at radius 2 is 1.38 bits per heavy atom. The zero-order chi connectivity index (χ0) is 5.91. The summed E-state index contributed by atoms with van der Waals surface area (Å²) in [5, 5.41) is 0. The molecule has 0 atom stereocenters. The second kappa shape index (κ2) is 3.74. The fraction of sp³-hybridized carbons (Fsp3) is 0.500. The van der Waals surface area contributed by atoms with Crippen molar-refractivity contribution < 1.29 is 31.1 Å². The average Bonchev–Trinajstić information content (AvgIpc) is 1.68. The van der Waals surface area contributed by atoms with Crippen molar-refractivity contribution in [2.45, 2.75) is 0 Å². The zero-order valence-corrected chi connectivity index (χ0v) is 6.38. The molecule has 0 saturated carbocycles. The van der Waals surface area contributed by atoms with Crippen molar-refractivity contribution in [3.05, 3.63) is 0 Å². The number of nitrogens with zero attached hydrogens (tertiary/aromatic N) is 1. The van der Waals surface area contributed by atoms with Gasteiger partial charge in [0.1, 0.15) is 0 Å². The number of amides is 2. The van der Waals surface area contributed by atoms with Crippen LogP contribution in [0, 0.1) is 0 Å². The molecule has 0 aromatic heterocycles. The lowest BCUT2D eigenvalue weighted by Crippen LogP contribution is -3.00. The van der Waals surface area contributed by atoms with Crippen LogP contribution in [0.2, 0.25) is 0 Å². The van der Waals surface area contributed by atoms with E-state index >= 15 is 0 Å². The van der Waals surface area contributed by atoms with E-state index < -0.39 is 0 Å². The van der Waals surface area contributed by atoms with E-state index in [0.29, 0.717) is 12.8 Å². The summed E-state index contributed by atoms with van der Waals surface area (Å²) in [5.41, 5.74) is 0. The van der Waals surface area contributed by atoms with Crippen LogP contribution in [0.15, 0.2) is 0 Å². The van der Waals surface area contributed by atoms with Crippen LogP contribution >= 0.6 is 0 Å². The van der Waals surface area contributed by atoms with Gasteiger partial charge in [-0.1, -0.05) is 0 Å². The van der Waals surface area contributed by atoms with Crippen LogP contribution in [0.1, 0.15) is 0 Å². The standard InChI is InChI=1S/C4H8NO2.BrH/c1-5(2,3-6)4-7;/h3-4H,1-2H3;1H/q+1;/p-1. The van der Waals surface area contributed by atoms with Gasteiger partial charge in [-0.2, -0.15) is 0 Å². The number of imide groups is 1. The van der Waals surface area contributed by atoms with E-state index in [2.05, 4.69) is 0 Å². The Balaban J connectivity index is 0. The summed E-state index contributed by atoms with van der Waals surface area (Å²) in [6.07, 6.45) is 1.12. The fourth-order valence-electron chi connectivity index (χ4n) is 0.0248. The molecular formula is C4H8BrNO2. The predicted octanol–water partition coefficient (Wildman–Crippen LogP) is -3.62. The van der Waals surface area contributed by atoms with E-state index in [9.17, 15) is 9.59 Å². The minimum Gasteiger partial charge on any atom is -1.00 e. The summed E-state index contributed by atoms with van der Waals surface area (Å²) in [7, 11) is 3.00. The number of hydrogen-bond donors (Lipinski definition) is 0. The predicted molar refractivity (Wildman–Crippen MR) is 24.2 cm³/mol. The highest BCUT2D eigenvalue weighted by Gasteiger charge is 2.08. The van der Waals surface area contributed by atoms with Crippen LogP contribution in [0.25, 0.3) is 0 Å². The molecule has 0 spiro atoms. The van der Waals surface area contributed by atoms with Crippen LogP contribution in [0.5, 0.6) is 0 Å². The summed E-state index contributed by atoms with van der Waals surface area (Å²) in [6.45, 7) is 0. The molecule has 0 aliphatic heterocycles. The topological polar surface area (TPSA) is 34.1 Å². The zero-order valence-electron chi connectivity index (χ0n) is 4.80. The van der Waals surface area contributed by atoms with Gasteiger partial charge in [-0.15, -0.1) is 0 Å². The number of carbonyl (C=O) groups excluding carboxylic acids is 2. The van der Waals surface area contributed by atoms with E-state index in [1.54, 1.807) is 0 Å². The number of carbonyl (C=O) groups is 2. The molecule has 4 heteroatoms. The Kier molecular flexibility index (Phi) is 5.01. The SMILES string of the molecule is C[N+](C)(C=O)C=O.[Br-]. The van der Waals surface area contributed by atoms with Crippen LogP contribution < -0.4 is 17.0 Å². The molecule has 2 amide bonds. The second-order valence-electron chi connectivity index (χ2n) is 1.84. The summed E-state index contributed by atoms with van der Waals surface area (Å²) in [5.74, 6) is 0. The molecular weight excluding hydrogens is 174 g/mol. The smallest absolute Gasteiger partial charge is 0.308 e. The van der Waals surface area contributed by atoms with Gasteiger partial charge in [0, 0.05) is 0 Å². The Hall–Kier alpha value is -0.220. The minimum atomic E-state index is -0.222. The number of quaternary nitrogens is 1. The molecule has 0 aromatic rings. The van der Waals surface area contributed by atoms with Gasteiger partial charge < -0.3 is 17.0 Å². The van der Waals surface area contributed by atoms with Crippen LogP contribution in [-0.4, -0.2) is 31.4 Å². The first-order valence-corrected chi connectivity index (χ1v) is 1.88. The Morgan fingerprint density at radius 1 is 1.12 bits per heavy atom. The highest BCUT2D eigenvalue weighted by Crippen LogP contribution is 1.78. The van der Waals surface area contributed by atoms with E-state index in [1.165, 1.54) is 14.1 Å². The Labute approximate surface area is 58.6 Å². The van der Waals surface area contributed by atoms with Crippen LogP contribution in [0.3, 0.4) is 0 Å². The normalized spacial score (nSPS) is 9.25. The van der Waals surface area contributed by atoms with Gasteiger partial charge in [0.15, 0.2) is 0 Å². The van der Waals surface area contributed by atoms with Gasteiger partial charge in [0.25, 0.3) is 0 Å². The van der Waals surface area contributed by atoms with Gasteiger partial charge >= 0.3 is 12.8 Å². The lowest BCUT2D eigenvalue weighted by atomic mass is 10.7. The van der Waals surface area contributed by atoms with Gasteiger partial charge in [-0.3, -0.25) is 0 Å². The summed E-state index contributed by atoms with van der Waals surface area (Å²) in [4.78, 5) is 19.6. The molecule has 0 saturated heterocycles. The van der Waals surface area contributed by atoms with Crippen molar-refractivity contribution in [1.29, 1.82) is 0 Å². The van der Waals surface area contributed by atoms with E-state index in [0.717, 1.165) is 0 Å². The van der Waals surface area contributed by atoms with Crippen LogP contribution in [0.4, 0.5) is 0 Å². The second-order valence-corrected chi connectivity index (χ2v) is 1.84. The first-order valence-electron chi connectivity index (χ1n) is 1.88. The molecule has 0 N–H and O–H groups in total. The molecule has 0 bridgehead atoms. The number of hydrogen-bond acceptors (Lipinski definition) is 2. The van der Waals surface area contributed by atoms with Crippen molar-refractivity contribution in [2.75, 3.05) is 14.1 Å². The van der Waals surface area contributed by atoms with Gasteiger partial charge in [-0.25, -0.2) is 14.1 Å². The van der Waals surface area contributed by atoms with Gasteiger partial charge in [-0.05, 0) is 0 Å². The van der Waals surface area contributed by atoms with Crippen LogP contribution in [-0.2, 0) is 9.59 Å². The number of rotatable bonds is 2. The third-order valence-corrected chi connectivity index (χ3v) is 0.543. The molecule has 0 aromatic carbocycles. The van der Waals surface area contributed by atoms with Crippen molar-refractivity contribution >= 4 is 12.8 Å². The largest absolute Gasteiger partial charge is 1.00 e. The molecule has 3 nitrogen and oxygen atoms in total.